The number of nitrogens with zero attached hydrogens (tertiary/aromatic N) is 1. The Morgan fingerprint density at radius 3 is 2.32 bits per heavy atom. The fraction of sp³-hybridized carbons (Fsp3) is 0.278. The lowest BCUT2D eigenvalue weighted by molar-refractivity contribution is -0.0498. The van der Waals surface area contributed by atoms with Gasteiger partial charge in [-0.05, 0) is 42.3 Å². The summed E-state index contributed by atoms with van der Waals surface area (Å²) in [5.74, 6) is 0.0876. The van der Waals surface area contributed by atoms with Crippen LogP contribution in [0.1, 0.15) is 24.1 Å². The highest BCUT2D eigenvalue weighted by molar-refractivity contribution is 9.10. The average Bonchev–Trinajstić information content (AvgIpc) is 2.57. The molecule has 0 heterocycles. The van der Waals surface area contributed by atoms with Crippen LogP contribution >= 0.6 is 15.9 Å². The quantitative estimate of drug-likeness (QED) is 0.728. The zero-order valence-corrected chi connectivity index (χ0v) is 15.5. The number of alkyl halides is 2. The molecule has 0 spiro atoms. The predicted molar refractivity (Wildman–Crippen MR) is 95.6 cm³/mol. The van der Waals surface area contributed by atoms with Crippen molar-refractivity contribution in [3.05, 3.63) is 64.1 Å². The van der Waals surface area contributed by atoms with Gasteiger partial charge in [0.15, 0.2) is 0 Å². The maximum absolute atomic E-state index is 12.3. The van der Waals surface area contributed by atoms with Crippen LogP contribution in [0.3, 0.4) is 0 Å². The van der Waals surface area contributed by atoms with Gasteiger partial charge in [-0.2, -0.15) is 8.78 Å². The topological polar surface area (TPSA) is 41.6 Å². The minimum Gasteiger partial charge on any atom is -0.435 e. The molecule has 2 rings (SSSR count). The first-order chi connectivity index (χ1) is 11.8. The molecule has 0 bridgehead atoms. The van der Waals surface area contributed by atoms with Crippen molar-refractivity contribution in [1.82, 2.24) is 10.2 Å². The van der Waals surface area contributed by atoms with Crippen molar-refractivity contribution in [2.45, 2.75) is 26.1 Å². The largest absolute Gasteiger partial charge is 0.435 e. The third-order valence-corrected chi connectivity index (χ3v) is 4.15. The predicted octanol–water partition coefficient (Wildman–Crippen LogP) is 4.95. The van der Waals surface area contributed by atoms with E-state index in [1.54, 1.807) is 24.1 Å². The first kappa shape index (κ1) is 19.2. The molecule has 0 saturated heterocycles. The Hall–Kier alpha value is -2.15. The summed E-state index contributed by atoms with van der Waals surface area (Å²) in [6, 6.07) is 13.5. The van der Waals surface area contributed by atoms with Gasteiger partial charge in [0.2, 0.25) is 0 Å². The van der Waals surface area contributed by atoms with Gasteiger partial charge in [0, 0.05) is 18.1 Å². The van der Waals surface area contributed by atoms with Crippen LogP contribution in [-0.4, -0.2) is 24.6 Å². The Morgan fingerprint density at radius 2 is 1.76 bits per heavy atom. The normalized spacial score (nSPS) is 11.9. The van der Waals surface area contributed by atoms with Crippen LogP contribution in [0.2, 0.25) is 0 Å². The van der Waals surface area contributed by atoms with E-state index < -0.39 is 6.61 Å². The van der Waals surface area contributed by atoms with Gasteiger partial charge in [0.1, 0.15) is 5.75 Å². The molecule has 7 heteroatoms. The molecule has 2 amide bonds. The van der Waals surface area contributed by atoms with Crippen molar-refractivity contribution in [2.24, 2.45) is 0 Å². The van der Waals surface area contributed by atoms with E-state index in [4.69, 9.17) is 0 Å². The number of benzene rings is 2. The molecule has 1 atom stereocenters. The number of hydrogen-bond donors (Lipinski definition) is 1. The molecule has 1 unspecified atom stereocenters. The lowest BCUT2D eigenvalue weighted by Gasteiger charge is -2.22. The van der Waals surface area contributed by atoms with E-state index in [9.17, 15) is 13.6 Å². The molecular formula is C18H19BrF2N2O2. The summed E-state index contributed by atoms with van der Waals surface area (Å²) in [5.41, 5.74) is 1.81. The molecule has 25 heavy (non-hydrogen) atoms. The number of urea groups is 1. The molecule has 0 aliphatic carbocycles. The minimum atomic E-state index is -2.85. The molecule has 4 nitrogen and oxygen atoms in total. The van der Waals surface area contributed by atoms with Gasteiger partial charge in [-0.1, -0.05) is 40.2 Å². The van der Waals surface area contributed by atoms with Gasteiger partial charge >= 0.3 is 12.6 Å². The Balaban J connectivity index is 1.91. The van der Waals surface area contributed by atoms with E-state index in [1.165, 1.54) is 12.1 Å². The van der Waals surface area contributed by atoms with Crippen LogP contribution in [0, 0.1) is 0 Å². The van der Waals surface area contributed by atoms with E-state index >= 15 is 0 Å². The van der Waals surface area contributed by atoms with Crippen molar-refractivity contribution in [3.8, 4) is 5.75 Å². The van der Waals surface area contributed by atoms with Crippen molar-refractivity contribution < 1.29 is 18.3 Å². The number of amides is 2. The Labute approximate surface area is 153 Å². The molecule has 0 saturated carbocycles. The smallest absolute Gasteiger partial charge is 0.387 e. The van der Waals surface area contributed by atoms with Crippen LogP contribution in [0.5, 0.6) is 5.75 Å². The van der Waals surface area contributed by atoms with Crippen LogP contribution in [-0.2, 0) is 6.54 Å². The van der Waals surface area contributed by atoms with Gasteiger partial charge in [0.25, 0.3) is 0 Å². The molecular weight excluding hydrogens is 394 g/mol. The van der Waals surface area contributed by atoms with E-state index in [2.05, 4.69) is 26.0 Å². The fourth-order valence-corrected chi connectivity index (χ4v) is 2.52. The molecule has 2 aromatic rings. The third kappa shape index (κ3) is 6.01. The molecule has 0 aromatic heterocycles. The maximum Gasteiger partial charge on any atom is 0.387 e. The number of hydrogen-bond acceptors (Lipinski definition) is 2. The standard InChI is InChI=1S/C18H19BrF2N2O2/c1-12(14-5-9-16(10-6-14)25-17(20)21)22-18(24)23(2)11-13-3-7-15(19)8-4-13/h3-10,12,17H,11H2,1-2H3,(H,22,24). The number of carbonyl (C=O) groups excluding carboxylic acids is 1. The molecule has 0 aliphatic rings. The van der Waals surface area contributed by atoms with Crippen molar-refractivity contribution >= 4 is 22.0 Å². The van der Waals surface area contributed by atoms with Crippen LogP contribution in [0.4, 0.5) is 13.6 Å². The number of carbonyl (C=O) groups is 1. The van der Waals surface area contributed by atoms with Crippen LogP contribution < -0.4 is 10.1 Å². The second-order valence-corrected chi connectivity index (χ2v) is 6.52. The zero-order chi connectivity index (χ0) is 18.4. The van der Waals surface area contributed by atoms with Gasteiger partial charge in [-0.15, -0.1) is 0 Å². The highest BCUT2D eigenvalue weighted by atomic mass is 79.9. The highest BCUT2D eigenvalue weighted by Crippen LogP contribution is 2.19. The summed E-state index contributed by atoms with van der Waals surface area (Å²) in [7, 11) is 1.71. The lowest BCUT2D eigenvalue weighted by atomic mass is 10.1. The first-order valence-electron chi connectivity index (χ1n) is 7.66. The van der Waals surface area contributed by atoms with E-state index in [0.717, 1.165) is 15.6 Å². The summed E-state index contributed by atoms with van der Waals surface area (Å²) in [4.78, 5) is 13.9. The molecule has 134 valence electrons. The van der Waals surface area contributed by atoms with E-state index in [1.807, 2.05) is 31.2 Å². The SMILES string of the molecule is CC(NC(=O)N(C)Cc1ccc(Br)cc1)c1ccc(OC(F)F)cc1. The van der Waals surface area contributed by atoms with Crippen molar-refractivity contribution in [3.63, 3.8) is 0 Å². The first-order valence-corrected chi connectivity index (χ1v) is 8.45. The van der Waals surface area contributed by atoms with Crippen molar-refractivity contribution in [2.75, 3.05) is 7.05 Å². The number of ether oxygens (including phenoxy) is 1. The van der Waals surface area contributed by atoms with Gasteiger partial charge in [-0.3, -0.25) is 0 Å². The van der Waals surface area contributed by atoms with Crippen molar-refractivity contribution in [1.29, 1.82) is 0 Å². The number of halogens is 3. The maximum atomic E-state index is 12.3. The van der Waals surface area contributed by atoms with Crippen LogP contribution in [0.25, 0.3) is 0 Å². The average molecular weight is 413 g/mol. The highest BCUT2D eigenvalue weighted by Gasteiger charge is 2.14. The molecule has 1 N–H and O–H groups in total. The van der Waals surface area contributed by atoms with E-state index in [-0.39, 0.29) is 17.8 Å². The lowest BCUT2D eigenvalue weighted by Crippen LogP contribution is -2.38. The fourth-order valence-electron chi connectivity index (χ4n) is 2.25. The van der Waals surface area contributed by atoms with Gasteiger partial charge in [-0.25, -0.2) is 4.79 Å². The molecule has 0 radical (unpaired) electrons. The van der Waals surface area contributed by atoms with Gasteiger partial charge in [0.05, 0.1) is 6.04 Å². The summed E-state index contributed by atoms with van der Waals surface area (Å²) in [5, 5.41) is 2.88. The Morgan fingerprint density at radius 1 is 1.16 bits per heavy atom. The third-order valence-electron chi connectivity index (χ3n) is 3.62. The number of rotatable bonds is 6. The molecule has 0 aliphatic heterocycles. The Bertz CT molecular complexity index is 693. The minimum absolute atomic E-state index is 0.0876. The second kappa shape index (κ2) is 8.80. The molecule has 0 fully saturated rings. The number of nitrogens with one attached hydrogen (secondary N) is 1. The summed E-state index contributed by atoms with van der Waals surface area (Å²) < 4.78 is 29.6. The second-order valence-electron chi connectivity index (χ2n) is 5.60. The summed E-state index contributed by atoms with van der Waals surface area (Å²) in [6.45, 7) is -0.545. The summed E-state index contributed by atoms with van der Waals surface area (Å²) in [6.07, 6.45) is 0. The zero-order valence-electron chi connectivity index (χ0n) is 13.9. The van der Waals surface area contributed by atoms with Crippen LogP contribution in [0.15, 0.2) is 53.0 Å². The summed E-state index contributed by atoms with van der Waals surface area (Å²) >= 11 is 3.37. The van der Waals surface area contributed by atoms with Gasteiger partial charge < -0.3 is 15.0 Å². The van der Waals surface area contributed by atoms with E-state index in [0.29, 0.717) is 6.54 Å². The monoisotopic (exact) mass is 412 g/mol. The Kier molecular flexibility index (Phi) is 6.75. The molecule has 2 aromatic carbocycles.